The van der Waals surface area contributed by atoms with Gasteiger partial charge in [-0.05, 0) is 90.7 Å². The lowest BCUT2D eigenvalue weighted by Crippen LogP contribution is -2.54. The van der Waals surface area contributed by atoms with Gasteiger partial charge in [-0.2, -0.15) is 0 Å². The van der Waals surface area contributed by atoms with E-state index in [9.17, 15) is 38.7 Å². The van der Waals surface area contributed by atoms with E-state index in [4.69, 9.17) is 9.47 Å². The number of amides is 4. The minimum absolute atomic E-state index is 0.0286. The van der Waals surface area contributed by atoms with Gasteiger partial charge in [-0.25, -0.2) is 9.59 Å². The van der Waals surface area contributed by atoms with Crippen molar-refractivity contribution in [1.82, 2.24) is 21.3 Å². The van der Waals surface area contributed by atoms with Gasteiger partial charge in [0.05, 0.1) is 18.5 Å². The van der Waals surface area contributed by atoms with Gasteiger partial charge < -0.3 is 35.8 Å². The van der Waals surface area contributed by atoms with Crippen LogP contribution in [-0.4, -0.2) is 82.5 Å². The summed E-state index contributed by atoms with van der Waals surface area (Å²) in [6.07, 6.45) is -0.769. The molecule has 0 aliphatic heterocycles. The van der Waals surface area contributed by atoms with Crippen molar-refractivity contribution in [1.29, 1.82) is 0 Å². The summed E-state index contributed by atoms with van der Waals surface area (Å²) in [5, 5.41) is 20.2. The van der Waals surface area contributed by atoms with Crippen LogP contribution in [0, 0.1) is 11.8 Å². The lowest BCUT2D eigenvalue weighted by Gasteiger charge is -2.27. The lowest BCUT2D eigenvalue weighted by atomic mass is 9.87. The molecule has 0 aliphatic rings. The minimum atomic E-state index is -1.15. The van der Waals surface area contributed by atoms with Crippen LogP contribution >= 0.6 is 0 Å². The summed E-state index contributed by atoms with van der Waals surface area (Å²) < 4.78 is 10.7. The maximum Gasteiger partial charge on any atom is 0.408 e. The van der Waals surface area contributed by atoms with Crippen LogP contribution in [0.2, 0.25) is 0 Å². The SMILES string of the molecule is CC(C)C[C@@H](CC(=O)[C@@H](Cc1ccccc1)NC(=O)[C@@H](Cc1ccccc1)NC(=O)OC(C)(C)C)C(=O)N[C@H](CCCCNC(=O)OC(C)(C)C)C(=O)CCC(=O)O. The molecule has 0 bridgehead atoms. The summed E-state index contributed by atoms with van der Waals surface area (Å²) in [5.41, 5.74) is 0.0381. The first kappa shape index (κ1) is 48.9. The van der Waals surface area contributed by atoms with Crippen molar-refractivity contribution in [2.45, 2.75) is 143 Å². The van der Waals surface area contributed by atoms with Crippen LogP contribution in [0.1, 0.15) is 111 Å². The molecular weight excluding hydrogens is 745 g/mol. The maximum absolute atomic E-state index is 14.3. The molecule has 0 aliphatic carbocycles. The third-order valence-electron chi connectivity index (χ3n) is 8.73. The number of Topliss-reactive ketones (excluding diaryl/α,β-unsaturated/α-hetero) is 2. The fourth-order valence-electron chi connectivity index (χ4n) is 6.10. The number of hydrogen-bond acceptors (Lipinski definition) is 9. The van der Waals surface area contributed by atoms with Gasteiger partial charge in [-0.1, -0.05) is 74.5 Å². The quantitative estimate of drug-likeness (QED) is 0.0818. The van der Waals surface area contributed by atoms with E-state index >= 15 is 0 Å². The van der Waals surface area contributed by atoms with Gasteiger partial charge in [0, 0.05) is 31.7 Å². The number of unbranched alkanes of at least 4 members (excludes halogenated alkanes) is 1. The molecule has 320 valence electrons. The van der Waals surface area contributed by atoms with Crippen LogP contribution in [0.3, 0.4) is 0 Å². The molecule has 14 nitrogen and oxygen atoms in total. The zero-order valence-electron chi connectivity index (χ0n) is 35.4. The summed E-state index contributed by atoms with van der Waals surface area (Å²) in [4.78, 5) is 91.7. The molecule has 0 unspecified atom stereocenters. The van der Waals surface area contributed by atoms with Gasteiger partial charge in [0.15, 0.2) is 11.6 Å². The predicted molar refractivity (Wildman–Crippen MR) is 220 cm³/mol. The predicted octanol–water partition coefficient (Wildman–Crippen LogP) is 6.09. The highest BCUT2D eigenvalue weighted by Crippen LogP contribution is 2.20. The van der Waals surface area contributed by atoms with Crippen LogP contribution < -0.4 is 21.3 Å². The van der Waals surface area contributed by atoms with Crippen molar-refractivity contribution < 1.29 is 48.1 Å². The molecule has 14 heteroatoms. The number of ketones is 2. The van der Waals surface area contributed by atoms with E-state index in [0.29, 0.717) is 12.8 Å². The minimum Gasteiger partial charge on any atom is -0.481 e. The third-order valence-corrected chi connectivity index (χ3v) is 8.73. The molecule has 0 heterocycles. The van der Waals surface area contributed by atoms with E-state index in [1.165, 1.54) is 0 Å². The Bertz CT molecular complexity index is 1650. The fourth-order valence-corrected chi connectivity index (χ4v) is 6.10. The van der Waals surface area contributed by atoms with Gasteiger partial charge >= 0.3 is 18.2 Å². The van der Waals surface area contributed by atoms with E-state index in [1.807, 2.05) is 74.5 Å². The van der Waals surface area contributed by atoms with E-state index in [0.717, 1.165) is 11.1 Å². The Hall–Kier alpha value is -5.27. The zero-order chi connectivity index (χ0) is 43.5. The number of carbonyl (C=O) groups excluding carboxylic acids is 6. The first-order valence-electron chi connectivity index (χ1n) is 20.0. The largest absolute Gasteiger partial charge is 0.481 e. The number of carboxylic acids is 1. The number of ether oxygens (including phenoxy) is 2. The van der Waals surface area contributed by atoms with Crippen LogP contribution in [0.25, 0.3) is 0 Å². The molecule has 0 aromatic heterocycles. The van der Waals surface area contributed by atoms with E-state index in [1.54, 1.807) is 41.5 Å². The van der Waals surface area contributed by atoms with Crippen LogP contribution in [0.5, 0.6) is 0 Å². The molecule has 0 fully saturated rings. The Morgan fingerprint density at radius 1 is 0.621 bits per heavy atom. The second-order valence-corrected chi connectivity index (χ2v) is 17.0. The Kier molecular flexibility index (Phi) is 20.1. The van der Waals surface area contributed by atoms with Crippen LogP contribution in [0.4, 0.5) is 9.59 Å². The van der Waals surface area contributed by atoms with Gasteiger partial charge in [-0.3, -0.25) is 24.0 Å². The van der Waals surface area contributed by atoms with Crippen molar-refractivity contribution in [3.63, 3.8) is 0 Å². The summed E-state index contributed by atoms with van der Waals surface area (Å²) in [6, 6.07) is 15.0. The van der Waals surface area contributed by atoms with Crippen molar-refractivity contribution in [3.8, 4) is 0 Å². The maximum atomic E-state index is 14.3. The molecule has 0 saturated heterocycles. The fraction of sp³-hybridized carbons (Fsp3) is 0.568. The third kappa shape index (κ3) is 20.8. The number of rotatable bonds is 23. The Balaban J connectivity index is 2.32. The van der Waals surface area contributed by atoms with Crippen molar-refractivity contribution in [3.05, 3.63) is 71.8 Å². The molecule has 2 aromatic carbocycles. The number of nitrogens with one attached hydrogen (secondary N) is 4. The monoisotopic (exact) mass is 808 g/mol. The van der Waals surface area contributed by atoms with Gasteiger partial charge in [0.1, 0.15) is 17.2 Å². The molecule has 4 amide bonds. The molecule has 4 atom stereocenters. The topological polar surface area (TPSA) is 206 Å². The van der Waals surface area contributed by atoms with Crippen LogP contribution in [-0.2, 0) is 46.3 Å². The number of aliphatic carboxylic acids is 1. The van der Waals surface area contributed by atoms with Crippen molar-refractivity contribution >= 4 is 41.5 Å². The highest BCUT2D eigenvalue weighted by Gasteiger charge is 2.33. The van der Waals surface area contributed by atoms with Gasteiger partial charge in [0.2, 0.25) is 11.8 Å². The molecule has 58 heavy (non-hydrogen) atoms. The molecule has 2 rings (SSSR count). The average Bonchev–Trinajstić information content (AvgIpc) is 3.11. The molecule has 2 aromatic rings. The van der Waals surface area contributed by atoms with Crippen molar-refractivity contribution in [2.24, 2.45) is 11.8 Å². The van der Waals surface area contributed by atoms with E-state index in [2.05, 4.69) is 21.3 Å². The van der Waals surface area contributed by atoms with E-state index < -0.39 is 83.2 Å². The molecule has 5 N–H and O–H groups in total. The highest BCUT2D eigenvalue weighted by molar-refractivity contribution is 5.96. The number of hydrogen-bond donors (Lipinski definition) is 5. The molecule has 0 saturated carbocycles. The number of carboxylic acid groups (broad SMARTS) is 1. The molecular formula is C44H64N4O10. The Labute approximate surface area is 343 Å². The summed E-state index contributed by atoms with van der Waals surface area (Å²) in [5.74, 6) is -4.09. The van der Waals surface area contributed by atoms with Gasteiger partial charge in [0.25, 0.3) is 0 Å². The average molecular weight is 809 g/mol. The summed E-state index contributed by atoms with van der Waals surface area (Å²) in [6.45, 7) is 14.4. The lowest BCUT2D eigenvalue weighted by molar-refractivity contribution is -0.139. The van der Waals surface area contributed by atoms with Crippen molar-refractivity contribution in [2.75, 3.05) is 6.54 Å². The van der Waals surface area contributed by atoms with Gasteiger partial charge in [-0.15, -0.1) is 0 Å². The molecule has 0 spiro atoms. The van der Waals surface area contributed by atoms with Crippen LogP contribution in [0.15, 0.2) is 60.7 Å². The first-order chi connectivity index (χ1) is 27.1. The van der Waals surface area contributed by atoms with E-state index in [-0.39, 0.29) is 51.0 Å². The Morgan fingerprint density at radius 2 is 1.14 bits per heavy atom. The summed E-state index contributed by atoms with van der Waals surface area (Å²) >= 11 is 0. The number of carbonyl (C=O) groups is 7. The first-order valence-corrected chi connectivity index (χ1v) is 20.0. The second-order valence-electron chi connectivity index (χ2n) is 17.0. The smallest absolute Gasteiger partial charge is 0.408 e. The zero-order valence-corrected chi connectivity index (χ0v) is 35.4. The molecule has 0 radical (unpaired) electrons. The standard InChI is InChI=1S/C44H64N4O10/c1-29(2)25-32(39(53)46-33(36(49)22-23-38(51)52)21-15-16-24-45-41(55)57-43(3,4)5)28-37(50)34(26-30-17-11-9-12-18-30)47-40(54)35(27-31-19-13-10-14-20-31)48-42(56)58-44(6,7)8/h9-14,17-20,29,32-35H,15-16,21-28H2,1-8H3,(H,45,55)(H,46,53)(H,47,54)(H,48,56)(H,51,52)/t32-,33+,34+,35+/m0/s1. The highest BCUT2D eigenvalue weighted by atomic mass is 16.6. The number of alkyl carbamates (subject to hydrolysis) is 2. The summed E-state index contributed by atoms with van der Waals surface area (Å²) in [7, 11) is 0. The second kappa shape index (κ2) is 23.8. The Morgan fingerprint density at radius 3 is 1.66 bits per heavy atom. The number of benzene rings is 2. The normalized spacial score (nSPS) is 13.6.